The first kappa shape index (κ1) is 7.47. The summed E-state index contributed by atoms with van der Waals surface area (Å²) in [6.07, 6.45) is 1.51. The zero-order chi connectivity index (χ0) is 7.40. The summed E-state index contributed by atoms with van der Waals surface area (Å²) in [7, 11) is 0. The number of nitrogens with one attached hydrogen (secondary N) is 1. The molecule has 1 aliphatic heterocycles. The molecule has 1 rings (SSSR count). The molecule has 0 aromatic carbocycles. The fraction of sp³-hybridized carbons (Fsp3) is 0.333. The van der Waals surface area contributed by atoms with Gasteiger partial charge in [0.15, 0.2) is 5.17 Å². The second-order valence-electron chi connectivity index (χ2n) is 1.69. The molecule has 0 saturated heterocycles. The van der Waals surface area contributed by atoms with E-state index in [2.05, 4.69) is 10.3 Å². The van der Waals surface area contributed by atoms with Crippen molar-refractivity contribution in [2.45, 2.75) is 6.92 Å². The van der Waals surface area contributed by atoms with Gasteiger partial charge in [0, 0.05) is 6.08 Å². The zero-order valence-corrected chi connectivity index (χ0v) is 6.48. The van der Waals surface area contributed by atoms with Crippen molar-refractivity contribution in [1.82, 2.24) is 5.32 Å². The van der Waals surface area contributed by atoms with Gasteiger partial charge in [-0.3, -0.25) is 0 Å². The lowest BCUT2D eigenvalue weighted by Crippen LogP contribution is -2.19. The average molecular weight is 157 g/mol. The predicted octanol–water partition coefficient (Wildman–Crippen LogP) is 1.26. The van der Waals surface area contributed by atoms with Gasteiger partial charge in [0.25, 0.3) is 0 Å². The van der Waals surface area contributed by atoms with E-state index in [1.807, 2.05) is 6.92 Å². The summed E-state index contributed by atoms with van der Waals surface area (Å²) < 4.78 is 0. The molecule has 0 aromatic heterocycles. The molecule has 1 radical (unpaired) electrons. The molecular formula is C6H9N2OS. The highest BCUT2D eigenvalue weighted by molar-refractivity contribution is 8.13. The van der Waals surface area contributed by atoms with Gasteiger partial charge in [0.2, 0.25) is 5.88 Å². The molecular weight excluding hydrogens is 148 g/mol. The number of aliphatic hydroxyl groups excluding tert-OH is 1. The van der Waals surface area contributed by atoms with E-state index in [1.165, 1.54) is 6.08 Å². The Hall–Kier alpha value is -0.640. The molecule has 0 spiro atoms. The SMILES string of the molecule is CCSC1=NC(O)=C[CH]N1. The van der Waals surface area contributed by atoms with Crippen LogP contribution in [0.2, 0.25) is 0 Å². The smallest absolute Gasteiger partial charge is 0.211 e. The summed E-state index contributed by atoms with van der Waals surface area (Å²) in [6, 6.07) is 0. The number of rotatable bonds is 1. The van der Waals surface area contributed by atoms with Gasteiger partial charge in [-0.1, -0.05) is 18.7 Å². The molecule has 0 atom stereocenters. The topological polar surface area (TPSA) is 44.6 Å². The van der Waals surface area contributed by atoms with Gasteiger partial charge in [-0.15, -0.1) is 0 Å². The molecule has 3 nitrogen and oxygen atoms in total. The van der Waals surface area contributed by atoms with Crippen LogP contribution in [0.4, 0.5) is 0 Å². The molecule has 10 heavy (non-hydrogen) atoms. The Balaban J connectivity index is 2.51. The van der Waals surface area contributed by atoms with E-state index >= 15 is 0 Å². The summed E-state index contributed by atoms with van der Waals surface area (Å²) >= 11 is 1.56. The van der Waals surface area contributed by atoms with Crippen molar-refractivity contribution < 1.29 is 5.11 Å². The van der Waals surface area contributed by atoms with Crippen molar-refractivity contribution in [2.24, 2.45) is 4.99 Å². The molecule has 0 aliphatic carbocycles. The summed E-state index contributed by atoms with van der Waals surface area (Å²) in [5, 5.41) is 12.5. The van der Waals surface area contributed by atoms with E-state index in [-0.39, 0.29) is 5.88 Å². The van der Waals surface area contributed by atoms with Crippen molar-refractivity contribution in [3.63, 3.8) is 0 Å². The lowest BCUT2D eigenvalue weighted by molar-refractivity contribution is 0.404. The number of aliphatic imine (C=N–C) groups is 1. The molecule has 55 valence electrons. The molecule has 0 amide bonds. The van der Waals surface area contributed by atoms with Crippen LogP contribution in [0.25, 0.3) is 0 Å². The number of hydrogen-bond donors (Lipinski definition) is 2. The third-order valence-electron chi connectivity index (χ3n) is 0.936. The molecule has 0 fully saturated rings. The van der Waals surface area contributed by atoms with Gasteiger partial charge >= 0.3 is 0 Å². The van der Waals surface area contributed by atoms with E-state index in [9.17, 15) is 0 Å². The maximum Gasteiger partial charge on any atom is 0.211 e. The second-order valence-corrected chi connectivity index (χ2v) is 2.94. The highest BCUT2D eigenvalue weighted by Crippen LogP contribution is 2.07. The Labute approximate surface area is 64.2 Å². The van der Waals surface area contributed by atoms with E-state index in [4.69, 9.17) is 5.11 Å². The molecule has 2 N–H and O–H groups in total. The first-order valence-corrected chi connectivity index (χ1v) is 4.02. The van der Waals surface area contributed by atoms with Crippen molar-refractivity contribution in [3.8, 4) is 0 Å². The third kappa shape index (κ3) is 1.95. The number of hydrogen-bond acceptors (Lipinski definition) is 4. The Morgan fingerprint density at radius 1 is 1.80 bits per heavy atom. The van der Waals surface area contributed by atoms with Crippen LogP contribution < -0.4 is 5.32 Å². The Bertz CT molecular complexity index is 177. The molecule has 0 saturated carbocycles. The van der Waals surface area contributed by atoms with Crippen LogP contribution in [0.1, 0.15) is 6.92 Å². The number of nitrogens with zero attached hydrogens (tertiary/aromatic N) is 1. The zero-order valence-electron chi connectivity index (χ0n) is 5.66. The van der Waals surface area contributed by atoms with Crippen LogP contribution in [0.3, 0.4) is 0 Å². The summed E-state index contributed by atoms with van der Waals surface area (Å²) in [5.41, 5.74) is 0. The molecule has 1 heterocycles. The Morgan fingerprint density at radius 3 is 3.20 bits per heavy atom. The standard InChI is InChI=1S/C6H9N2OS/c1-2-10-6-7-4-3-5(9)8-6/h3-4,9H,2H2,1H3,(H,7,8). The number of amidine groups is 1. The summed E-state index contributed by atoms with van der Waals surface area (Å²) in [6.45, 7) is 3.70. The van der Waals surface area contributed by atoms with E-state index in [0.717, 1.165) is 10.9 Å². The minimum atomic E-state index is 0.0645. The number of aliphatic hydroxyl groups is 1. The van der Waals surface area contributed by atoms with Gasteiger partial charge in [0.1, 0.15) is 0 Å². The summed E-state index contributed by atoms with van der Waals surface area (Å²) in [5.74, 6) is 1.02. The van der Waals surface area contributed by atoms with Gasteiger partial charge < -0.3 is 10.4 Å². The van der Waals surface area contributed by atoms with Crippen molar-refractivity contribution in [3.05, 3.63) is 18.5 Å². The monoisotopic (exact) mass is 157 g/mol. The maximum absolute atomic E-state index is 8.90. The lowest BCUT2D eigenvalue weighted by atomic mass is 10.5. The molecule has 0 unspecified atom stereocenters. The van der Waals surface area contributed by atoms with Gasteiger partial charge in [0.05, 0.1) is 6.54 Å². The third-order valence-corrected chi connectivity index (χ3v) is 1.71. The second kappa shape index (κ2) is 3.51. The van der Waals surface area contributed by atoms with Crippen molar-refractivity contribution in [1.29, 1.82) is 0 Å². The quantitative estimate of drug-likeness (QED) is 0.602. The minimum Gasteiger partial charge on any atom is -0.493 e. The van der Waals surface area contributed by atoms with Crippen LogP contribution in [0.15, 0.2) is 17.0 Å². The molecule has 4 heteroatoms. The van der Waals surface area contributed by atoms with Crippen LogP contribution in [-0.4, -0.2) is 16.0 Å². The first-order valence-electron chi connectivity index (χ1n) is 3.03. The van der Waals surface area contributed by atoms with Crippen LogP contribution in [-0.2, 0) is 0 Å². The summed E-state index contributed by atoms with van der Waals surface area (Å²) in [4.78, 5) is 3.83. The maximum atomic E-state index is 8.90. The van der Waals surface area contributed by atoms with Crippen molar-refractivity contribution in [2.75, 3.05) is 5.75 Å². The van der Waals surface area contributed by atoms with E-state index in [0.29, 0.717) is 0 Å². The van der Waals surface area contributed by atoms with E-state index in [1.54, 1.807) is 18.3 Å². The van der Waals surface area contributed by atoms with Crippen LogP contribution in [0.5, 0.6) is 0 Å². The lowest BCUT2D eigenvalue weighted by Gasteiger charge is -2.09. The fourth-order valence-electron chi connectivity index (χ4n) is 0.572. The normalized spacial score (nSPS) is 17.3. The highest BCUT2D eigenvalue weighted by atomic mass is 32.2. The molecule has 0 aromatic rings. The first-order chi connectivity index (χ1) is 4.83. The number of thioether (sulfide) groups is 1. The highest BCUT2D eigenvalue weighted by Gasteiger charge is 2.03. The minimum absolute atomic E-state index is 0.0645. The van der Waals surface area contributed by atoms with Gasteiger partial charge in [-0.2, -0.15) is 4.99 Å². The Morgan fingerprint density at radius 2 is 2.60 bits per heavy atom. The molecule has 0 bridgehead atoms. The van der Waals surface area contributed by atoms with Crippen LogP contribution in [0, 0.1) is 6.54 Å². The van der Waals surface area contributed by atoms with Crippen LogP contribution >= 0.6 is 11.8 Å². The van der Waals surface area contributed by atoms with Gasteiger partial charge in [-0.25, -0.2) is 0 Å². The fourth-order valence-corrected chi connectivity index (χ4v) is 1.15. The molecule has 1 aliphatic rings. The van der Waals surface area contributed by atoms with Gasteiger partial charge in [-0.05, 0) is 5.75 Å². The predicted molar refractivity (Wildman–Crippen MR) is 43.7 cm³/mol. The largest absolute Gasteiger partial charge is 0.493 e. The van der Waals surface area contributed by atoms with E-state index < -0.39 is 0 Å². The Kier molecular flexibility index (Phi) is 2.62. The average Bonchev–Trinajstić information content (AvgIpc) is 1.88. The van der Waals surface area contributed by atoms with Crippen molar-refractivity contribution >= 4 is 16.9 Å².